The van der Waals surface area contributed by atoms with E-state index in [-0.39, 0.29) is 12.0 Å². The highest BCUT2D eigenvalue weighted by Gasteiger charge is 2.27. The molecule has 144 valence electrons. The number of aryl methyl sites for hydroxylation is 1. The van der Waals surface area contributed by atoms with E-state index >= 15 is 0 Å². The number of nitrogens with one attached hydrogen (secondary N) is 2. The molecule has 0 radical (unpaired) electrons. The number of nitrogens with zero attached hydrogens (tertiary/aromatic N) is 3. The van der Waals surface area contributed by atoms with Crippen molar-refractivity contribution < 1.29 is 8.42 Å². The maximum Gasteiger partial charge on any atom is 0.257 e. The van der Waals surface area contributed by atoms with Crippen LogP contribution >= 0.6 is 11.6 Å². The molecule has 0 fully saturated rings. The molecule has 9 heteroatoms. The van der Waals surface area contributed by atoms with Gasteiger partial charge >= 0.3 is 0 Å². The van der Waals surface area contributed by atoms with Gasteiger partial charge in [0.25, 0.3) is 5.95 Å². The van der Waals surface area contributed by atoms with Crippen LogP contribution in [0.4, 0.5) is 11.9 Å². The summed E-state index contributed by atoms with van der Waals surface area (Å²) < 4.78 is 27.1. The zero-order valence-corrected chi connectivity index (χ0v) is 16.8. The van der Waals surface area contributed by atoms with Gasteiger partial charge in [-0.15, -0.1) is 5.10 Å². The highest BCUT2D eigenvalue weighted by atomic mass is 35.5. The molecule has 0 unspecified atom stereocenters. The second-order valence-corrected chi connectivity index (χ2v) is 8.77. The minimum Gasteiger partial charge on any atom is -0.324 e. The molecule has 2 aromatic carbocycles. The van der Waals surface area contributed by atoms with Crippen molar-refractivity contribution in [3.8, 4) is 0 Å². The maximum absolute atomic E-state index is 11.6. The summed E-state index contributed by atoms with van der Waals surface area (Å²) in [6.07, 6.45) is 3.06. The van der Waals surface area contributed by atoms with E-state index in [1.807, 2.05) is 61.5 Å². The SMILES string of the molecule is Cc1ccc(C2=C[C@H](c3ccccc3Cl)n3nc(NS(C)(=O)=O)nc3N2)cc1. The zero-order valence-electron chi connectivity index (χ0n) is 15.2. The lowest BCUT2D eigenvalue weighted by Crippen LogP contribution is -2.20. The fourth-order valence-electron chi connectivity index (χ4n) is 3.04. The smallest absolute Gasteiger partial charge is 0.257 e. The number of aromatic nitrogens is 3. The zero-order chi connectivity index (χ0) is 19.9. The molecule has 0 saturated heterocycles. The van der Waals surface area contributed by atoms with Gasteiger partial charge in [0.2, 0.25) is 16.0 Å². The molecule has 1 aliphatic heterocycles. The Hall–Kier alpha value is -2.84. The summed E-state index contributed by atoms with van der Waals surface area (Å²) in [6, 6.07) is 15.2. The molecule has 2 heterocycles. The van der Waals surface area contributed by atoms with Gasteiger partial charge in [-0.25, -0.2) is 13.1 Å². The maximum atomic E-state index is 11.6. The summed E-state index contributed by atoms with van der Waals surface area (Å²) in [7, 11) is -3.50. The van der Waals surface area contributed by atoms with Crippen LogP contribution in [0.15, 0.2) is 54.6 Å². The van der Waals surface area contributed by atoms with Crippen LogP contribution in [0.2, 0.25) is 5.02 Å². The molecule has 28 heavy (non-hydrogen) atoms. The van der Waals surface area contributed by atoms with Gasteiger partial charge in [-0.05, 0) is 30.2 Å². The largest absolute Gasteiger partial charge is 0.324 e. The predicted molar refractivity (Wildman–Crippen MR) is 111 cm³/mol. The fourth-order valence-corrected chi connectivity index (χ4v) is 3.71. The summed E-state index contributed by atoms with van der Waals surface area (Å²) in [5.74, 6) is 0.426. The lowest BCUT2D eigenvalue weighted by Gasteiger charge is -2.25. The van der Waals surface area contributed by atoms with Crippen LogP contribution in [0.25, 0.3) is 5.70 Å². The molecule has 1 aliphatic rings. The number of hydrogen-bond acceptors (Lipinski definition) is 5. The molecule has 3 aromatic rings. The highest BCUT2D eigenvalue weighted by molar-refractivity contribution is 7.91. The number of rotatable bonds is 4. The first-order valence-corrected chi connectivity index (χ1v) is 10.8. The van der Waals surface area contributed by atoms with E-state index in [1.54, 1.807) is 4.68 Å². The van der Waals surface area contributed by atoms with Crippen LogP contribution in [-0.4, -0.2) is 29.4 Å². The molecule has 0 aliphatic carbocycles. The van der Waals surface area contributed by atoms with Gasteiger partial charge in [-0.1, -0.05) is 59.6 Å². The summed E-state index contributed by atoms with van der Waals surface area (Å²) in [4.78, 5) is 4.30. The van der Waals surface area contributed by atoms with Crippen LogP contribution in [-0.2, 0) is 10.0 Å². The lowest BCUT2D eigenvalue weighted by molar-refractivity contribution is 0.603. The Morgan fingerprint density at radius 1 is 1.14 bits per heavy atom. The van der Waals surface area contributed by atoms with E-state index in [2.05, 4.69) is 20.1 Å². The van der Waals surface area contributed by atoms with Gasteiger partial charge < -0.3 is 5.32 Å². The van der Waals surface area contributed by atoms with Crippen molar-refractivity contribution in [2.75, 3.05) is 16.3 Å². The molecule has 1 atom stereocenters. The fraction of sp³-hybridized carbons (Fsp3) is 0.158. The molecule has 0 amide bonds. The van der Waals surface area contributed by atoms with Crippen molar-refractivity contribution in [2.24, 2.45) is 0 Å². The highest BCUT2D eigenvalue weighted by Crippen LogP contribution is 2.35. The van der Waals surface area contributed by atoms with E-state index in [4.69, 9.17) is 11.6 Å². The van der Waals surface area contributed by atoms with Gasteiger partial charge in [0.1, 0.15) is 6.04 Å². The molecule has 7 nitrogen and oxygen atoms in total. The second-order valence-electron chi connectivity index (χ2n) is 6.62. The summed E-state index contributed by atoms with van der Waals surface area (Å²) in [5.41, 5.74) is 3.82. The van der Waals surface area contributed by atoms with Crippen LogP contribution in [0.5, 0.6) is 0 Å². The first kappa shape index (κ1) is 18.5. The third-order valence-corrected chi connectivity index (χ3v) is 5.23. The first-order chi connectivity index (χ1) is 13.3. The van der Waals surface area contributed by atoms with E-state index in [9.17, 15) is 8.42 Å². The van der Waals surface area contributed by atoms with E-state index in [1.165, 1.54) is 0 Å². The lowest BCUT2D eigenvalue weighted by atomic mass is 10.0. The standard InChI is InChI=1S/C19H18ClN5O2S/c1-12-7-9-13(10-8-12)16-11-17(14-5-3-4-6-15(14)20)25-19(21-16)22-18(23-25)24-28(2,26)27/h3-11,17H,1-2H3,(H2,21,22,23,24)/t17-/m1/s1. The van der Waals surface area contributed by atoms with Crippen molar-refractivity contribution in [1.29, 1.82) is 0 Å². The topological polar surface area (TPSA) is 88.9 Å². The number of halogens is 1. The Bertz CT molecular complexity index is 1170. The van der Waals surface area contributed by atoms with Gasteiger partial charge in [-0.3, -0.25) is 4.72 Å². The monoisotopic (exact) mass is 415 g/mol. The van der Waals surface area contributed by atoms with Crippen LogP contribution in [0, 0.1) is 6.92 Å². The summed E-state index contributed by atoms with van der Waals surface area (Å²) >= 11 is 6.43. The average molecular weight is 416 g/mol. The Labute approximate surface area is 168 Å². The molecule has 0 saturated carbocycles. The number of hydrogen-bond donors (Lipinski definition) is 2. The third kappa shape index (κ3) is 3.74. The van der Waals surface area contributed by atoms with Crippen LogP contribution in [0.1, 0.15) is 22.7 Å². The minimum atomic E-state index is -3.50. The number of fused-ring (bicyclic) bond motifs is 1. The van der Waals surface area contributed by atoms with Gasteiger partial charge in [-0.2, -0.15) is 4.98 Å². The number of anilines is 2. The normalized spacial score (nSPS) is 16.1. The average Bonchev–Trinajstić information content (AvgIpc) is 3.02. The predicted octanol–water partition coefficient (Wildman–Crippen LogP) is 3.67. The second kappa shape index (κ2) is 6.96. The van der Waals surface area contributed by atoms with E-state index < -0.39 is 10.0 Å². The van der Waals surface area contributed by atoms with Crippen LogP contribution < -0.4 is 10.0 Å². The van der Waals surface area contributed by atoms with Crippen molar-refractivity contribution >= 4 is 39.2 Å². The Morgan fingerprint density at radius 2 is 1.86 bits per heavy atom. The van der Waals surface area contributed by atoms with Crippen LogP contribution in [0.3, 0.4) is 0 Å². The van der Waals surface area contributed by atoms with E-state index in [0.29, 0.717) is 11.0 Å². The summed E-state index contributed by atoms with van der Waals surface area (Å²) in [6.45, 7) is 2.03. The minimum absolute atomic E-state index is 0.000565. The molecular weight excluding hydrogens is 398 g/mol. The first-order valence-electron chi connectivity index (χ1n) is 8.55. The molecule has 2 N–H and O–H groups in total. The number of allylic oxidation sites excluding steroid dienone is 1. The molecule has 4 rings (SSSR count). The molecule has 1 aromatic heterocycles. The van der Waals surface area contributed by atoms with Gasteiger partial charge in [0.15, 0.2) is 0 Å². The van der Waals surface area contributed by atoms with Crippen molar-refractivity contribution in [3.63, 3.8) is 0 Å². The summed E-state index contributed by atoms with van der Waals surface area (Å²) in [5, 5.41) is 8.15. The van der Waals surface area contributed by atoms with Gasteiger partial charge in [0.05, 0.1) is 6.26 Å². The molecule has 0 spiro atoms. The van der Waals surface area contributed by atoms with Crippen molar-refractivity contribution in [2.45, 2.75) is 13.0 Å². The Kier molecular flexibility index (Phi) is 4.60. The number of sulfonamides is 1. The molecule has 0 bridgehead atoms. The number of benzene rings is 2. The van der Waals surface area contributed by atoms with Crippen molar-refractivity contribution in [1.82, 2.24) is 14.8 Å². The van der Waals surface area contributed by atoms with Crippen molar-refractivity contribution in [3.05, 3.63) is 76.3 Å². The quantitative estimate of drug-likeness (QED) is 0.678. The third-order valence-electron chi connectivity index (χ3n) is 4.33. The molecular formula is C19H18ClN5O2S. The Morgan fingerprint density at radius 3 is 2.54 bits per heavy atom. The van der Waals surface area contributed by atoms with E-state index in [0.717, 1.165) is 28.6 Å². The van der Waals surface area contributed by atoms with Gasteiger partial charge in [0, 0.05) is 10.7 Å². The Balaban J connectivity index is 1.83.